The van der Waals surface area contributed by atoms with Crippen LogP contribution in [-0.4, -0.2) is 72.1 Å². The quantitative estimate of drug-likeness (QED) is 0.0999. The van der Waals surface area contributed by atoms with Gasteiger partial charge in [0.05, 0.1) is 22.3 Å². The summed E-state index contributed by atoms with van der Waals surface area (Å²) in [6.45, 7) is 11.0. The molecule has 0 amide bonds. The van der Waals surface area contributed by atoms with Gasteiger partial charge in [0.25, 0.3) is 0 Å². The van der Waals surface area contributed by atoms with Gasteiger partial charge in [-0.05, 0) is 89.8 Å². The molecular formula is C42H46N2O8. The van der Waals surface area contributed by atoms with E-state index >= 15 is 0 Å². The molecule has 0 aliphatic heterocycles. The Morgan fingerprint density at radius 1 is 0.519 bits per heavy atom. The third-order valence-corrected chi connectivity index (χ3v) is 9.66. The lowest BCUT2D eigenvalue weighted by Crippen LogP contribution is -2.30. The number of benzene rings is 4. The van der Waals surface area contributed by atoms with Crippen LogP contribution in [0.5, 0.6) is 11.5 Å². The summed E-state index contributed by atoms with van der Waals surface area (Å²) < 4.78 is 11.7. The highest BCUT2D eigenvalue weighted by atomic mass is 16.6. The molecule has 0 atom stereocenters. The standard InChI is InChI=1S/C42H46N2O8/c1-5-43(6-2)27-17-23-35(37(45)25-27)39(47)31-13-9-11-15-33(31)41(49)51-29-19-21-30(22-20-29)52-42(50)34-16-12-10-14-32(34)40(48)36-24-18-28(26-38(36)46)44(7-3)8-4/h9-18,23-26,29-30,45-46H,5-8,19-22H2,1-4H3. The van der Waals surface area contributed by atoms with Crippen LogP contribution < -0.4 is 9.80 Å². The van der Waals surface area contributed by atoms with E-state index in [4.69, 9.17) is 9.47 Å². The number of ketones is 2. The van der Waals surface area contributed by atoms with Gasteiger partial charge in [0.15, 0.2) is 11.6 Å². The van der Waals surface area contributed by atoms with Crippen LogP contribution in [-0.2, 0) is 9.47 Å². The zero-order valence-electron chi connectivity index (χ0n) is 30.1. The van der Waals surface area contributed by atoms with Gasteiger partial charge in [-0.2, -0.15) is 0 Å². The fourth-order valence-electron chi connectivity index (χ4n) is 6.70. The van der Waals surface area contributed by atoms with E-state index < -0.39 is 35.7 Å². The van der Waals surface area contributed by atoms with E-state index in [-0.39, 0.29) is 44.9 Å². The fraction of sp³-hybridized carbons (Fsp3) is 0.333. The number of esters is 2. The molecule has 0 heterocycles. The summed E-state index contributed by atoms with van der Waals surface area (Å²) in [5.41, 5.74) is 2.22. The SMILES string of the molecule is CCN(CC)c1ccc(C(=O)c2ccccc2C(=O)OC2CCC(OC(=O)c3ccccc3C(=O)c3ccc(N(CC)CC)cc3O)CC2)c(O)c1. The number of hydrogen-bond donors (Lipinski definition) is 2. The van der Waals surface area contributed by atoms with Crippen molar-refractivity contribution in [2.24, 2.45) is 0 Å². The van der Waals surface area contributed by atoms with Gasteiger partial charge in [-0.1, -0.05) is 36.4 Å². The van der Waals surface area contributed by atoms with Crippen LogP contribution in [0.4, 0.5) is 11.4 Å². The van der Waals surface area contributed by atoms with Crippen LogP contribution in [0.25, 0.3) is 0 Å². The first kappa shape index (κ1) is 37.6. The van der Waals surface area contributed by atoms with E-state index in [2.05, 4.69) is 9.80 Å². The van der Waals surface area contributed by atoms with Crippen molar-refractivity contribution in [1.82, 2.24) is 0 Å². The Kier molecular flexibility index (Phi) is 12.3. The molecule has 1 aliphatic rings. The molecule has 4 aromatic carbocycles. The Bertz CT molecular complexity index is 1780. The average molecular weight is 707 g/mol. The van der Waals surface area contributed by atoms with Gasteiger partial charge in [-0.15, -0.1) is 0 Å². The summed E-state index contributed by atoms with van der Waals surface area (Å²) in [4.78, 5) is 57.9. The van der Waals surface area contributed by atoms with Crippen molar-refractivity contribution < 1.29 is 38.9 Å². The lowest BCUT2D eigenvalue weighted by atomic mass is 9.94. The molecule has 0 unspecified atom stereocenters. The first-order chi connectivity index (χ1) is 25.1. The molecule has 52 heavy (non-hydrogen) atoms. The van der Waals surface area contributed by atoms with Crippen molar-refractivity contribution >= 4 is 34.9 Å². The second-order valence-corrected chi connectivity index (χ2v) is 12.7. The number of nitrogens with zero attached hydrogens (tertiary/aromatic N) is 2. The summed E-state index contributed by atoms with van der Waals surface area (Å²) in [5.74, 6) is -2.61. The molecule has 0 aromatic heterocycles. The maximum atomic E-state index is 13.5. The molecule has 272 valence electrons. The van der Waals surface area contributed by atoms with Crippen LogP contribution >= 0.6 is 0 Å². The Balaban J connectivity index is 1.21. The predicted molar refractivity (Wildman–Crippen MR) is 200 cm³/mol. The zero-order valence-corrected chi connectivity index (χ0v) is 30.1. The normalized spacial score (nSPS) is 15.4. The number of phenols is 2. The number of aromatic hydroxyl groups is 2. The number of carbonyl (C=O) groups is 4. The number of carbonyl (C=O) groups excluding carboxylic acids is 4. The molecule has 0 saturated heterocycles. The van der Waals surface area contributed by atoms with Gasteiger partial charge in [0.1, 0.15) is 23.7 Å². The first-order valence-electron chi connectivity index (χ1n) is 17.9. The topological polar surface area (TPSA) is 134 Å². The van der Waals surface area contributed by atoms with Crippen molar-refractivity contribution in [2.45, 2.75) is 65.6 Å². The van der Waals surface area contributed by atoms with Crippen LogP contribution in [0.2, 0.25) is 0 Å². The summed E-state index contributed by atoms with van der Waals surface area (Å²) in [5, 5.41) is 21.5. The third kappa shape index (κ3) is 8.28. The van der Waals surface area contributed by atoms with Gasteiger partial charge < -0.3 is 29.5 Å². The van der Waals surface area contributed by atoms with Crippen LogP contribution in [0, 0.1) is 0 Å². The fourth-order valence-corrected chi connectivity index (χ4v) is 6.70. The summed E-state index contributed by atoms with van der Waals surface area (Å²) in [6.07, 6.45) is 0.815. The van der Waals surface area contributed by atoms with Crippen LogP contribution in [0.1, 0.15) is 106 Å². The Hall–Kier alpha value is -5.64. The molecule has 4 aromatic rings. The number of hydrogen-bond acceptors (Lipinski definition) is 10. The van der Waals surface area contributed by atoms with Crippen molar-refractivity contribution in [2.75, 3.05) is 36.0 Å². The van der Waals surface area contributed by atoms with Gasteiger partial charge in [0.2, 0.25) is 0 Å². The number of ether oxygens (including phenoxy) is 2. The first-order valence-corrected chi connectivity index (χ1v) is 17.9. The molecule has 0 spiro atoms. The van der Waals surface area contributed by atoms with Gasteiger partial charge in [-0.25, -0.2) is 9.59 Å². The second-order valence-electron chi connectivity index (χ2n) is 12.7. The molecule has 10 nitrogen and oxygen atoms in total. The molecule has 2 N–H and O–H groups in total. The maximum Gasteiger partial charge on any atom is 0.339 e. The van der Waals surface area contributed by atoms with E-state index in [0.29, 0.717) is 25.7 Å². The monoisotopic (exact) mass is 706 g/mol. The number of anilines is 2. The summed E-state index contributed by atoms with van der Waals surface area (Å²) >= 11 is 0. The molecule has 0 bridgehead atoms. The van der Waals surface area contributed by atoms with Crippen molar-refractivity contribution in [3.8, 4) is 11.5 Å². The highest BCUT2D eigenvalue weighted by molar-refractivity contribution is 6.16. The van der Waals surface area contributed by atoms with E-state index in [1.165, 1.54) is 24.3 Å². The minimum atomic E-state index is -0.649. The largest absolute Gasteiger partial charge is 0.507 e. The molecule has 0 radical (unpaired) electrons. The van der Waals surface area contributed by atoms with E-state index in [0.717, 1.165) is 37.6 Å². The van der Waals surface area contributed by atoms with Crippen molar-refractivity contribution in [3.05, 3.63) is 118 Å². The lowest BCUT2D eigenvalue weighted by molar-refractivity contribution is -0.0109. The van der Waals surface area contributed by atoms with E-state index in [9.17, 15) is 29.4 Å². The Morgan fingerprint density at radius 3 is 1.15 bits per heavy atom. The predicted octanol–water partition coefficient (Wildman–Crippen LogP) is 7.58. The zero-order chi connectivity index (χ0) is 37.4. The summed E-state index contributed by atoms with van der Waals surface area (Å²) in [6, 6.07) is 22.6. The highest BCUT2D eigenvalue weighted by Crippen LogP contribution is 2.31. The molecule has 10 heteroatoms. The van der Waals surface area contributed by atoms with Gasteiger partial charge in [-0.3, -0.25) is 9.59 Å². The second kappa shape index (κ2) is 17.0. The lowest BCUT2D eigenvalue weighted by Gasteiger charge is -2.28. The van der Waals surface area contributed by atoms with Gasteiger partial charge in [0, 0.05) is 60.8 Å². The number of rotatable bonds is 14. The minimum absolute atomic E-state index is 0.0896. The number of phenolic OH excluding ortho intramolecular Hbond substituents is 2. The molecule has 1 saturated carbocycles. The molecule has 1 fully saturated rings. The van der Waals surface area contributed by atoms with E-state index in [1.54, 1.807) is 60.7 Å². The van der Waals surface area contributed by atoms with Crippen molar-refractivity contribution in [3.63, 3.8) is 0 Å². The molecule has 1 aliphatic carbocycles. The Morgan fingerprint density at radius 2 is 0.846 bits per heavy atom. The smallest absolute Gasteiger partial charge is 0.339 e. The van der Waals surface area contributed by atoms with Crippen molar-refractivity contribution in [1.29, 1.82) is 0 Å². The summed E-state index contributed by atoms with van der Waals surface area (Å²) in [7, 11) is 0. The highest BCUT2D eigenvalue weighted by Gasteiger charge is 2.30. The average Bonchev–Trinajstić information content (AvgIpc) is 3.16. The minimum Gasteiger partial charge on any atom is -0.507 e. The van der Waals surface area contributed by atoms with E-state index in [1.807, 2.05) is 27.7 Å². The third-order valence-electron chi connectivity index (χ3n) is 9.66. The van der Waals surface area contributed by atoms with Crippen LogP contribution in [0.3, 0.4) is 0 Å². The maximum absolute atomic E-state index is 13.5. The van der Waals surface area contributed by atoms with Crippen LogP contribution in [0.15, 0.2) is 84.9 Å². The Labute approximate surface area is 304 Å². The van der Waals surface area contributed by atoms with Gasteiger partial charge >= 0.3 is 11.9 Å². The molecule has 5 rings (SSSR count). The molecular weight excluding hydrogens is 660 g/mol.